The van der Waals surface area contributed by atoms with E-state index in [9.17, 15) is 5.21 Å². The molecule has 2 fully saturated rings. The molecule has 0 spiro atoms. The van der Waals surface area contributed by atoms with E-state index in [0.29, 0.717) is 6.04 Å². The zero-order chi connectivity index (χ0) is 9.10. The fourth-order valence-corrected chi connectivity index (χ4v) is 2.18. The van der Waals surface area contributed by atoms with Gasteiger partial charge in [0.05, 0.1) is 13.2 Å². The Labute approximate surface area is 79.0 Å². The summed E-state index contributed by atoms with van der Waals surface area (Å²) >= 11 is 0. The summed E-state index contributed by atoms with van der Waals surface area (Å²) in [7, 11) is 0. The maximum absolute atomic E-state index is 9.39. The van der Waals surface area contributed by atoms with Crippen molar-refractivity contribution in [3.63, 3.8) is 0 Å². The molecule has 0 saturated carbocycles. The number of ether oxygens (including phenoxy) is 1. The van der Waals surface area contributed by atoms with Crippen molar-refractivity contribution in [2.75, 3.05) is 39.4 Å². The second-order valence-electron chi connectivity index (χ2n) is 3.86. The van der Waals surface area contributed by atoms with E-state index < -0.39 is 0 Å². The van der Waals surface area contributed by atoms with Crippen LogP contribution in [0.25, 0.3) is 0 Å². The Hall–Kier alpha value is -0.160. The van der Waals surface area contributed by atoms with Crippen molar-refractivity contribution in [3.05, 3.63) is 0 Å². The van der Waals surface area contributed by atoms with E-state index in [1.165, 1.54) is 11.5 Å². The monoisotopic (exact) mass is 186 g/mol. The molecule has 1 N–H and O–H groups in total. The van der Waals surface area contributed by atoms with E-state index in [0.717, 1.165) is 45.8 Å². The molecular formula is C9H18N2O2. The first-order valence-electron chi connectivity index (χ1n) is 5.12. The van der Waals surface area contributed by atoms with Crippen LogP contribution in [0.3, 0.4) is 0 Å². The van der Waals surface area contributed by atoms with Gasteiger partial charge in [-0.25, -0.2) is 0 Å². The van der Waals surface area contributed by atoms with Gasteiger partial charge in [0.15, 0.2) is 0 Å². The first-order valence-corrected chi connectivity index (χ1v) is 5.12. The lowest BCUT2D eigenvalue weighted by Gasteiger charge is -2.38. The van der Waals surface area contributed by atoms with Crippen molar-refractivity contribution in [1.82, 2.24) is 9.96 Å². The van der Waals surface area contributed by atoms with Crippen LogP contribution in [-0.2, 0) is 4.74 Å². The molecule has 2 rings (SSSR count). The molecular weight excluding hydrogens is 168 g/mol. The molecule has 0 aliphatic carbocycles. The van der Waals surface area contributed by atoms with Gasteiger partial charge in [0, 0.05) is 32.2 Å². The van der Waals surface area contributed by atoms with E-state index in [-0.39, 0.29) is 0 Å². The second kappa shape index (κ2) is 4.37. The molecule has 0 aromatic carbocycles. The smallest absolute Gasteiger partial charge is 0.0594 e. The molecule has 0 amide bonds. The largest absolute Gasteiger partial charge is 0.379 e. The molecule has 1 atom stereocenters. The van der Waals surface area contributed by atoms with E-state index in [1.54, 1.807) is 0 Å². The molecule has 76 valence electrons. The molecule has 13 heavy (non-hydrogen) atoms. The molecule has 4 nitrogen and oxygen atoms in total. The van der Waals surface area contributed by atoms with Gasteiger partial charge >= 0.3 is 0 Å². The molecule has 0 aromatic heterocycles. The van der Waals surface area contributed by atoms with Crippen LogP contribution in [0.5, 0.6) is 0 Å². The van der Waals surface area contributed by atoms with Gasteiger partial charge in [-0.05, 0) is 12.8 Å². The minimum atomic E-state index is 0.544. The lowest BCUT2D eigenvalue weighted by Crippen LogP contribution is -2.50. The molecule has 0 bridgehead atoms. The van der Waals surface area contributed by atoms with Gasteiger partial charge in [-0.2, -0.15) is 5.06 Å². The molecule has 4 heteroatoms. The third-order valence-corrected chi connectivity index (χ3v) is 2.94. The average molecular weight is 186 g/mol. The number of hydroxylamine groups is 2. The highest BCUT2D eigenvalue weighted by atomic mass is 16.5. The SMILES string of the molecule is ON1CCCC(N2CCOCC2)C1. The Morgan fingerprint density at radius 2 is 1.92 bits per heavy atom. The predicted octanol–water partition coefficient (Wildman–Crippen LogP) is 0.172. The van der Waals surface area contributed by atoms with Crippen molar-refractivity contribution in [2.45, 2.75) is 18.9 Å². The highest BCUT2D eigenvalue weighted by Crippen LogP contribution is 2.15. The topological polar surface area (TPSA) is 35.9 Å². The molecule has 1 unspecified atom stereocenters. The first-order chi connectivity index (χ1) is 6.36. The molecule has 2 aliphatic rings. The van der Waals surface area contributed by atoms with E-state index >= 15 is 0 Å². The average Bonchev–Trinajstić information content (AvgIpc) is 2.19. The Balaban J connectivity index is 1.83. The molecule has 2 saturated heterocycles. The molecule has 2 heterocycles. The van der Waals surface area contributed by atoms with Gasteiger partial charge in [0.25, 0.3) is 0 Å². The van der Waals surface area contributed by atoms with E-state index in [4.69, 9.17) is 4.74 Å². The van der Waals surface area contributed by atoms with Crippen LogP contribution in [0.4, 0.5) is 0 Å². The Bertz CT molecular complexity index is 160. The summed E-state index contributed by atoms with van der Waals surface area (Å²) in [5.41, 5.74) is 0. The van der Waals surface area contributed by atoms with E-state index in [2.05, 4.69) is 4.90 Å². The van der Waals surface area contributed by atoms with Crippen molar-refractivity contribution >= 4 is 0 Å². The highest BCUT2D eigenvalue weighted by Gasteiger charge is 2.25. The second-order valence-corrected chi connectivity index (χ2v) is 3.86. The van der Waals surface area contributed by atoms with Gasteiger partial charge in [-0.15, -0.1) is 0 Å². The van der Waals surface area contributed by atoms with Gasteiger partial charge in [0.1, 0.15) is 0 Å². The van der Waals surface area contributed by atoms with Gasteiger partial charge < -0.3 is 9.94 Å². The normalized spacial score (nSPS) is 33.5. The summed E-state index contributed by atoms with van der Waals surface area (Å²) < 4.78 is 5.30. The van der Waals surface area contributed by atoms with Crippen LogP contribution in [0.2, 0.25) is 0 Å². The third kappa shape index (κ3) is 2.40. The minimum absolute atomic E-state index is 0.544. The number of piperidine rings is 1. The maximum Gasteiger partial charge on any atom is 0.0594 e. The lowest BCUT2D eigenvalue weighted by atomic mass is 10.1. The Morgan fingerprint density at radius 1 is 1.15 bits per heavy atom. The minimum Gasteiger partial charge on any atom is -0.379 e. The quantitative estimate of drug-likeness (QED) is 0.633. The number of hydrogen-bond acceptors (Lipinski definition) is 4. The molecule has 2 aliphatic heterocycles. The fraction of sp³-hybridized carbons (Fsp3) is 1.00. The molecule has 0 radical (unpaired) electrons. The fourth-order valence-electron chi connectivity index (χ4n) is 2.18. The zero-order valence-electron chi connectivity index (χ0n) is 7.98. The standard InChI is InChI=1S/C9H18N2O2/c12-11-3-1-2-9(8-11)10-4-6-13-7-5-10/h9,12H,1-8H2. The summed E-state index contributed by atoms with van der Waals surface area (Å²) in [6, 6.07) is 0.544. The lowest BCUT2D eigenvalue weighted by molar-refractivity contribution is -0.129. The Kier molecular flexibility index (Phi) is 3.16. The van der Waals surface area contributed by atoms with Crippen LogP contribution < -0.4 is 0 Å². The van der Waals surface area contributed by atoms with Gasteiger partial charge in [-0.3, -0.25) is 4.90 Å². The Morgan fingerprint density at radius 3 is 2.62 bits per heavy atom. The van der Waals surface area contributed by atoms with Gasteiger partial charge in [-0.1, -0.05) is 0 Å². The van der Waals surface area contributed by atoms with Crippen molar-refractivity contribution in [3.8, 4) is 0 Å². The molecule has 0 aromatic rings. The zero-order valence-corrected chi connectivity index (χ0v) is 7.98. The van der Waals surface area contributed by atoms with Crippen molar-refractivity contribution in [2.24, 2.45) is 0 Å². The summed E-state index contributed by atoms with van der Waals surface area (Å²) in [6.45, 7) is 5.39. The van der Waals surface area contributed by atoms with Crippen molar-refractivity contribution in [1.29, 1.82) is 0 Å². The number of nitrogens with zero attached hydrogens (tertiary/aromatic N) is 2. The van der Waals surface area contributed by atoms with Crippen molar-refractivity contribution < 1.29 is 9.94 Å². The number of morpholine rings is 1. The third-order valence-electron chi connectivity index (χ3n) is 2.94. The number of rotatable bonds is 1. The highest BCUT2D eigenvalue weighted by molar-refractivity contribution is 4.79. The van der Waals surface area contributed by atoms with Crippen LogP contribution in [0.15, 0.2) is 0 Å². The summed E-state index contributed by atoms with van der Waals surface area (Å²) in [5.74, 6) is 0. The maximum atomic E-state index is 9.39. The summed E-state index contributed by atoms with van der Waals surface area (Å²) in [6.07, 6.45) is 2.33. The summed E-state index contributed by atoms with van der Waals surface area (Å²) in [4.78, 5) is 2.44. The van der Waals surface area contributed by atoms with Crippen LogP contribution in [0.1, 0.15) is 12.8 Å². The summed E-state index contributed by atoms with van der Waals surface area (Å²) in [5, 5.41) is 10.8. The van der Waals surface area contributed by atoms with Crippen LogP contribution >= 0.6 is 0 Å². The van der Waals surface area contributed by atoms with Gasteiger partial charge in [0.2, 0.25) is 0 Å². The van der Waals surface area contributed by atoms with Crippen LogP contribution in [-0.4, -0.2) is 60.6 Å². The first kappa shape index (κ1) is 9.40. The number of hydrogen-bond donors (Lipinski definition) is 1. The van der Waals surface area contributed by atoms with Crippen LogP contribution in [0, 0.1) is 0 Å². The predicted molar refractivity (Wildman–Crippen MR) is 48.8 cm³/mol. The van der Waals surface area contributed by atoms with E-state index in [1.807, 2.05) is 0 Å².